The predicted octanol–water partition coefficient (Wildman–Crippen LogP) is 0.536. The summed E-state index contributed by atoms with van der Waals surface area (Å²) in [5.74, 6) is -2.94. The third-order valence-corrected chi connectivity index (χ3v) is 1.50. The first-order valence-electron chi connectivity index (χ1n) is 7.57. The molecule has 10 heteroatoms. The first kappa shape index (κ1) is 35.6. The van der Waals surface area contributed by atoms with Crippen molar-refractivity contribution in [3.63, 3.8) is 0 Å². The highest BCUT2D eigenvalue weighted by Crippen LogP contribution is 1.75. The Kier molecular flexibility index (Phi) is 45.7. The van der Waals surface area contributed by atoms with Crippen molar-refractivity contribution >= 4 is 17.9 Å². The second-order valence-electron chi connectivity index (χ2n) is 3.84. The molecule has 27 heavy (non-hydrogen) atoms. The molecule has 0 spiro atoms. The molecule has 0 radical (unpaired) electrons. The summed E-state index contributed by atoms with van der Waals surface area (Å²) in [4.78, 5) is 27.8. The molecule has 0 aromatic heterocycles. The number of carbonyl (C=O) groups is 3. The van der Waals surface area contributed by atoms with E-state index < -0.39 is 24.0 Å². The topological polar surface area (TPSA) is 182 Å². The zero-order valence-corrected chi connectivity index (χ0v) is 15.8. The molecule has 0 saturated carbocycles. The first-order valence-corrected chi connectivity index (χ1v) is 7.57. The Hall–Kier alpha value is -2.53. The van der Waals surface area contributed by atoms with Gasteiger partial charge in [0.2, 0.25) is 0 Å². The molecular weight excluding hydrogens is 364 g/mol. The van der Waals surface area contributed by atoms with E-state index in [1.54, 1.807) is 0 Å². The summed E-state index contributed by atoms with van der Waals surface area (Å²) in [5, 5.41) is 46.8. The van der Waals surface area contributed by atoms with Crippen LogP contribution in [-0.4, -0.2) is 81.1 Å². The maximum atomic E-state index is 9.25. The fraction of sp³-hybridized carbons (Fsp3) is 0.471. The van der Waals surface area contributed by atoms with Crippen LogP contribution in [-0.2, 0) is 19.1 Å². The highest BCUT2D eigenvalue weighted by Gasteiger charge is 1.93. The van der Waals surface area contributed by atoms with Gasteiger partial charge in [0.25, 0.3) is 0 Å². The zero-order valence-electron chi connectivity index (χ0n) is 15.8. The van der Waals surface area contributed by atoms with Crippen LogP contribution in [0.4, 0.5) is 0 Å². The highest BCUT2D eigenvalue weighted by atomic mass is 16.5. The van der Waals surface area contributed by atoms with Crippen LogP contribution in [0.3, 0.4) is 0 Å². The minimum atomic E-state index is -0.981. The molecule has 0 aromatic carbocycles. The van der Waals surface area contributed by atoms with Crippen LogP contribution in [0.2, 0.25) is 0 Å². The fourth-order valence-electron chi connectivity index (χ4n) is 0.346. The molecule has 0 amide bonds. The maximum Gasteiger partial charge on any atom is 0.327 e. The Morgan fingerprint density at radius 1 is 0.852 bits per heavy atom. The van der Waals surface area contributed by atoms with E-state index in [-0.39, 0.29) is 13.2 Å². The SMILES string of the molecule is C=CC(=O)O.C=CC(=O)O.C=CC(=O)O.CCCOCC.OCC(O)CO. The fourth-order valence-corrected chi connectivity index (χ4v) is 0.346. The second kappa shape index (κ2) is 34.7. The van der Waals surface area contributed by atoms with Crippen molar-refractivity contribution < 1.29 is 49.8 Å². The molecule has 0 atom stereocenters. The monoisotopic (exact) mass is 396 g/mol. The van der Waals surface area contributed by atoms with Crippen molar-refractivity contribution in [3.05, 3.63) is 38.0 Å². The van der Waals surface area contributed by atoms with Crippen molar-refractivity contribution in [1.82, 2.24) is 0 Å². The molecule has 10 nitrogen and oxygen atoms in total. The van der Waals surface area contributed by atoms with Crippen LogP contribution < -0.4 is 0 Å². The van der Waals surface area contributed by atoms with Gasteiger partial charge in [0, 0.05) is 31.4 Å². The lowest BCUT2D eigenvalue weighted by molar-refractivity contribution is -0.132. The smallest absolute Gasteiger partial charge is 0.327 e. The van der Waals surface area contributed by atoms with Gasteiger partial charge in [-0.15, -0.1) is 0 Å². The minimum absolute atomic E-state index is 0.365. The van der Waals surface area contributed by atoms with Crippen LogP contribution in [0.25, 0.3) is 0 Å². The van der Waals surface area contributed by atoms with Gasteiger partial charge in [-0.1, -0.05) is 26.7 Å². The third-order valence-electron chi connectivity index (χ3n) is 1.50. The van der Waals surface area contributed by atoms with E-state index in [0.29, 0.717) is 0 Å². The molecule has 0 aromatic rings. The molecule has 0 rings (SSSR count). The van der Waals surface area contributed by atoms with Gasteiger partial charge in [0.15, 0.2) is 0 Å². The summed E-state index contributed by atoms with van der Waals surface area (Å²) >= 11 is 0. The number of aliphatic hydroxyl groups is 3. The van der Waals surface area contributed by atoms with E-state index in [9.17, 15) is 14.4 Å². The molecule has 0 unspecified atom stereocenters. The molecule has 160 valence electrons. The Morgan fingerprint density at radius 2 is 1.11 bits per heavy atom. The van der Waals surface area contributed by atoms with Crippen molar-refractivity contribution in [3.8, 4) is 0 Å². The van der Waals surface area contributed by atoms with Gasteiger partial charge in [0.1, 0.15) is 6.10 Å². The molecule has 0 bridgehead atoms. The Labute approximate surface area is 159 Å². The van der Waals surface area contributed by atoms with E-state index in [1.165, 1.54) is 0 Å². The number of rotatable bonds is 8. The molecule has 0 heterocycles. The summed E-state index contributed by atoms with van der Waals surface area (Å²) < 4.78 is 4.98. The van der Waals surface area contributed by atoms with Crippen molar-refractivity contribution in [2.24, 2.45) is 0 Å². The van der Waals surface area contributed by atoms with Crippen LogP contribution in [0, 0.1) is 0 Å². The number of carboxylic acids is 3. The molecule has 0 aliphatic rings. The third kappa shape index (κ3) is 98.7. The summed E-state index contributed by atoms with van der Waals surface area (Å²) in [7, 11) is 0. The lowest BCUT2D eigenvalue weighted by Gasteiger charge is -1.96. The Morgan fingerprint density at radius 3 is 1.15 bits per heavy atom. The van der Waals surface area contributed by atoms with E-state index >= 15 is 0 Å². The number of aliphatic carboxylic acids is 3. The van der Waals surface area contributed by atoms with Gasteiger partial charge in [-0.25, -0.2) is 14.4 Å². The largest absolute Gasteiger partial charge is 0.478 e. The zero-order chi connectivity index (χ0) is 22.7. The summed E-state index contributed by atoms with van der Waals surface area (Å²) in [6.07, 6.45) is 2.68. The molecule has 0 saturated heterocycles. The van der Waals surface area contributed by atoms with Gasteiger partial charge in [0.05, 0.1) is 13.2 Å². The summed E-state index contributed by atoms with van der Waals surface area (Å²) in [6.45, 7) is 14.0. The van der Waals surface area contributed by atoms with Gasteiger partial charge < -0.3 is 35.4 Å². The Bertz CT molecular complexity index is 329. The summed E-state index contributed by atoms with van der Waals surface area (Å²) in [5.41, 5.74) is 0. The molecule has 0 fully saturated rings. The van der Waals surface area contributed by atoms with Crippen molar-refractivity contribution in [1.29, 1.82) is 0 Å². The standard InChI is InChI=1S/C5H12O.C3H8O3.3C3H4O2/c1-3-5-6-4-2;4-1-3(6)2-5;3*1-2-3(4)5/h3-5H2,1-2H3;3-6H,1-2H2;3*2H,1H2,(H,4,5). The number of hydrogen-bond acceptors (Lipinski definition) is 7. The lowest BCUT2D eigenvalue weighted by Crippen LogP contribution is -2.15. The van der Waals surface area contributed by atoms with E-state index in [2.05, 4.69) is 26.7 Å². The Balaban J connectivity index is -0.0000000749. The van der Waals surface area contributed by atoms with Gasteiger partial charge in [-0.2, -0.15) is 0 Å². The van der Waals surface area contributed by atoms with Gasteiger partial charge >= 0.3 is 17.9 Å². The molecule has 0 aliphatic heterocycles. The van der Waals surface area contributed by atoms with Crippen LogP contribution in [0.5, 0.6) is 0 Å². The molecule has 6 N–H and O–H groups in total. The number of ether oxygens (including phenoxy) is 1. The normalized spacial score (nSPS) is 7.78. The first-order chi connectivity index (χ1) is 12.5. The van der Waals surface area contributed by atoms with Crippen LogP contribution in [0.15, 0.2) is 38.0 Å². The molecular formula is C17H32O10. The van der Waals surface area contributed by atoms with E-state index in [1.807, 2.05) is 6.92 Å². The average Bonchev–Trinajstić information content (AvgIpc) is 2.67. The number of aliphatic hydroxyl groups excluding tert-OH is 3. The van der Waals surface area contributed by atoms with E-state index in [0.717, 1.165) is 37.9 Å². The predicted molar refractivity (Wildman–Crippen MR) is 100 cm³/mol. The minimum Gasteiger partial charge on any atom is -0.478 e. The summed E-state index contributed by atoms with van der Waals surface area (Å²) in [6, 6.07) is 0. The van der Waals surface area contributed by atoms with Gasteiger partial charge in [-0.3, -0.25) is 0 Å². The van der Waals surface area contributed by atoms with Crippen molar-refractivity contribution in [2.45, 2.75) is 26.4 Å². The maximum absolute atomic E-state index is 9.25. The lowest BCUT2D eigenvalue weighted by atomic mass is 10.4. The molecule has 0 aliphatic carbocycles. The number of carboxylic acid groups (broad SMARTS) is 3. The van der Waals surface area contributed by atoms with Crippen molar-refractivity contribution in [2.75, 3.05) is 26.4 Å². The second-order valence-corrected chi connectivity index (χ2v) is 3.84. The van der Waals surface area contributed by atoms with Gasteiger partial charge in [-0.05, 0) is 13.3 Å². The highest BCUT2D eigenvalue weighted by molar-refractivity contribution is 5.79. The average molecular weight is 396 g/mol. The van der Waals surface area contributed by atoms with Crippen LogP contribution >= 0.6 is 0 Å². The number of hydrogen-bond donors (Lipinski definition) is 6. The van der Waals surface area contributed by atoms with Crippen LogP contribution in [0.1, 0.15) is 20.3 Å². The van der Waals surface area contributed by atoms with E-state index in [4.69, 9.17) is 35.4 Å². The quantitative estimate of drug-likeness (QED) is 0.250.